The highest BCUT2D eigenvalue weighted by Gasteiger charge is 2.29. The summed E-state index contributed by atoms with van der Waals surface area (Å²) in [5, 5.41) is 14.6. The van der Waals surface area contributed by atoms with E-state index in [2.05, 4.69) is 20.8 Å². The van der Waals surface area contributed by atoms with Gasteiger partial charge in [-0.3, -0.25) is 9.89 Å². The monoisotopic (exact) mass is 470 g/mol. The molecule has 0 spiro atoms. The Morgan fingerprint density at radius 2 is 1.83 bits per heavy atom. The number of hydrogen-bond acceptors (Lipinski definition) is 6. The lowest BCUT2D eigenvalue weighted by Crippen LogP contribution is -2.32. The van der Waals surface area contributed by atoms with Gasteiger partial charge in [0.25, 0.3) is 0 Å². The smallest absolute Gasteiger partial charge is 0.223 e. The Labute approximate surface area is 204 Å². The molecule has 0 saturated heterocycles. The third-order valence-electron chi connectivity index (χ3n) is 6.66. The topological polar surface area (TPSA) is 105 Å². The number of aromatic amines is 1. The average molecular weight is 471 g/mol. The fourth-order valence-corrected chi connectivity index (χ4v) is 4.67. The molecule has 8 heteroatoms. The van der Waals surface area contributed by atoms with E-state index in [-0.39, 0.29) is 17.7 Å². The Morgan fingerprint density at radius 3 is 2.54 bits per heavy atom. The average Bonchev–Trinajstić information content (AvgIpc) is 3.32. The first-order valence-electron chi connectivity index (χ1n) is 12.1. The summed E-state index contributed by atoms with van der Waals surface area (Å²) in [5.41, 5.74) is 2.95. The maximum Gasteiger partial charge on any atom is 0.223 e. The fourth-order valence-electron chi connectivity index (χ4n) is 4.67. The molecular formula is C27H30N6O2. The molecule has 0 radical (unpaired) electrons. The Hall–Kier alpha value is -3.94. The van der Waals surface area contributed by atoms with Gasteiger partial charge in [-0.15, -0.1) is 0 Å². The molecule has 1 saturated carbocycles. The molecule has 0 unspecified atom stereocenters. The minimum absolute atomic E-state index is 0.0228. The van der Waals surface area contributed by atoms with Crippen molar-refractivity contribution in [1.82, 2.24) is 25.5 Å². The number of methoxy groups -OCH3 is 1. The largest absolute Gasteiger partial charge is 0.497 e. The maximum absolute atomic E-state index is 12.8. The van der Waals surface area contributed by atoms with Gasteiger partial charge in [-0.1, -0.05) is 24.3 Å². The predicted octanol–water partition coefficient (Wildman–Crippen LogP) is 5.00. The number of aryl methyl sites for hydroxylation is 1. The number of anilines is 2. The molecular weight excluding hydrogens is 440 g/mol. The van der Waals surface area contributed by atoms with E-state index < -0.39 is 0 Å². The van der Waals surface area contributed by atoms with E-state index in [1.54, 1.807) is 7.11 Å². The van der Waals surface area contributed by atoms with Gasteiger partial charge in [-0.25, -0.2) is 9.97 Å². The van der Waals surface area contributed by atoms with Crippen molar-refractivity contribution < 1.29 is 9.53 Å². The van der Waals surface area contributed by atoms with E-state index in [4.69, 9.17) is 14.7 Å². The maximum atomic E-state index is 12.8. The first-order chi connectivity index (χ1) is 17.1. The molecule has 8 nitrogen and oxygen atoms in total. The first-order valence-corrected chi connectivity index (χ1v) is 12.1. The van der Waals surface area contributed by atoms with Crippen LogP contribution in [-0.2, 0) is 11.3 Å². The van der Waals surface area contributed by atoms with Gasteiger partial charge in [0.15, 0.2) is 5.82 Å². The number of carbonyl (C=O) groups excluding carboxylic acids is 1. The van der Waals surface area contributed by atoms with Gasteiger partial charge >= 0.3 is 0 Å². The van der Waals surface area contributed by atoms with Crippen molar-refractivity contribution in [3.05, 3.63) is 71.7 Å². The van der Waals surface area contributed by atoms with E-state index in [9.17, 15) is 4.79 Å². The molecule has 2 heterocycles. The third kappa shape index (κ3) is 5.26. The van der Waals surface area contributed by atoms with Gasteiger partial charge in [-0.2, -0.15) is 5.10 Å². The molecule has 35 heavy (non-hydrogen) atoms. The summed E-state index contributed by atoms with van der Waals surface area (Å²) in [7, 11) is 1.65. The predicted molar refractivity (Wildman–Crippen MR) is 136 cm³/mol. The number of aromatic nitrogens is 4. The van der Waals surface area contributed by atoms with Crippen LogP contribution >= 0.6 is 0 Å². The second-order valence-electron chi connectivity index (χ2n) is 9.12. The second-order valence-corrected chi connectivity index (χ2v) is 9.12. The van der Waals surface area contributed by atoms with Crippen molar-refractivity contribution in [2.45, 2.75) is 45.1 Å². The highest BCUT2D eigenvalue weighted by Crippen LogP contribution is 2.36. The van der Waals surface area contributed by atoms with Crippen LogP contribution in [0.15, 0.2) is 54.6 Å². The molecule has 2 aromatic carbocycles. The molecule has 4 aromatic rings. The van der Waals surface area contributed by atoms with E-state index in [0.29, 0.717) is 6.54 Å². The van der Waals surface area contributed by atoms with Crippen LogP contribution < -0.4 is 15.4 Å². The number of para-hydroxylation sites is 1. The first kappa shape index (κ1) is 22.8. The number of amides is 1. The third-order valence-corrected chi connectivity index (χ3v) is 6.66. The number of benzene rings is 2. The molecule has 180 valence electrons. The minimum Gasteiger partial charge on any atom is -0.497 e. The summed E-state index contributed by atoms with van der Waals surface area (Å²) < 4.78 is 5.19. The summed E-state index contributed by atoms with van der Waals surface area (Å²) in [5.74, 6) is 3.50. The Balaban J connectivity index is 1.24. The van der Waals surface area contributed by atoms with Crippen LogP contribution in [0.4, 0.5) is 11.6 Å². The van der Waals surface area contributed by atoms with Crippen LogP contribution in [0.3, 0.4) is 0 Å². The summed E-state index contributed by atoms with van der Waals surface area (Å²) in [4.78, 5) is 22.6. The van der Waals surface area contributed by atoms with E-state index >= 15 is 0 Å². The van der Waals surface area contributed by atoms with Crippen LogP contribution in [0.2, 0.25) is 0 Å². The summed E-state index contributed by atoms with van der Waals surface area (Å²) in [6.45, 7) is 2.49. The van der Waals surface area contributed by atoms with Gasteiger partial charge in [0.05, 0.1) is 12.6 Å². The SMILES string of the molecule is COc1ccc(CNC(=O)C2CCC(c3nc(Nc4cc(C)[nH]n4)c4ccccc4n3)CC2)cc1. The standard InChI is InChI=1S/C27H30N6O2/c1-17-15-24(33-32-17)30-26-22-5-3-4-6-23(22)29-25(31-26)19-9-11-20(12-10-19)27(34)28-16-18-7-13-21(35-2)14-8-18/h3-8,13-15,19-20H,9-12,16H2,1-2H3,(H,28,34)(H2,29,30,31,32,33). The van der Waals surface area contributed by atoms with Gasteiger partial charge in [0.1, 0.15) is 17.4 Å². The molecule has 2 aromatic heterocycles. The lowest BCUT2D eigenvalue weighted by atomic mass is 9.81. The number of nitrogens with zero attached hydrogens (tertiary/aromatic N) is 3. The molecule has 5 rings (SSSR count). The van der Waals surface area contributed by atoms with Crippen molar-refractivity contribution in [3.8, 4) is 5.75 Å². The molecule has 1 aliphatic rings. The van der Waals surface area contributed by atoms with Crippen molar-refractivity contribution in [1.29, 1.82) is 0 Å². The van der Waals surface area contributed by atoms with Gasteiger partial charge < -0.3 is 15.4 Å². The quantitative estimate of drug-likeness (QED) is 0.351. The lowest BCUT2D eigenvalue weighted by Gasteiger charge is -2.27. The van der Waals surface area contributed by atoms with E-state index in [0.717, 1.165) is 71.1 Å². The molecule has 0 atom stereocenters. The van der Waals surface area contributed by atoms with Crippen molar-refractivity contribution in [2.24, 2.45) is 5.92 Å². The summed E-state index contributed by atoms with van der Waals surface area (Å²) in [6.07, 6.45) is 3.44. The van der Waals surface area contributed by atoms with Crippen molar-refractivity contribution in [3.63, 3.8) is 0 Å². The second kappa shape index (κ2) is 10.1. The van der Waals surface area contributed by atoms with Crippen LogP contribution in [0, 0.1) is 12.8 Å². The summed E-state index contributed by atoms with van der Waals surface area (Å²) >= 11 is 0. The van der Waals surface area contributed by atoms with Crippen molar-refractivity contribution >= 4 is 28.4 Å². The zero-order chi connectivity index (χ0) is 24.2. The minimum atomic E-state index is 0.0228. The number of hydrogen-bond donors (Lipinski definition) is 3. The van der Waals surface area contributed by atoms with Gasteiger partial charge in [0.2, 0.25) is 5.91 Å². The summed E-state index contributed by atoms with van der Waals surface area (Å²) in [6, 6.07) is 17.7. The molecule has 0 aliphatic heterocycles. The van der Waals surface area contributed by atoms with Crippen molar-refractivity contribution in [2.75, 3.05) is 12.4 Å². The highest BCUT2D eigenvalue weighted by molar-refractivity contribution is 5.90. The number of rotatable bonds is 7. The van der Waals surface area contributed by atoms with Crippen LogP contribution in [0.1, 0.15) is 48.7 Å². The van der Waals surface area contributed by atoms with Crippen LogP contribution in [-0.4, -0.2) is 33.2 Å². The van der Waals surface area contributed by atoms with Gasteiger partial charge in [0, 0.05) is 35.5 Å². The molecule has 1 amide bonds. The zero-order valence-corrected chi connectivity index (χ0v) is 20.0. The molecule has 1 fully saturated rings. The number of fused-ring (bicyclic) bond motifs is 1. The Bertz CT molecular complexity index is 1310. The van der Waals surface area contributed by atoms with Gasteiger partial charge in [-0.05, 0) is 62.4 Å². The Morgan fingerprint density at radius 1 is 1.06 bits per heavy atom. The van der Waals surface area contributed by atoms with E-state index in [1.165, 1.54) is 0 Å². The molecule has 1 aliphatic carbocycles. The molecule has 3 N–H and O–H groups in total. The number of nitrogens with one attached hydrogen (secondary N) is 3. The fraction of sp³-hybridized carbons (Fsp3) is 0.333. The zero-order valence-electron chi connectivity index (χ0n) is 20.0. The number of H-pyrrole nitrogens is 1. The highest BCUT2D eigenvalue weighted by atomic mass is 16.5. The Kier molecular flexibility index (Phi) is 6.61. The van der Waals surface area contributed by atoms with E-state index in [1.807, 2.05) is 61.5 Å². The number of carbonyl (C=O) groups is 1. The normalized spacial score (nSPS) is 17.8. The van der Waals surface area contributed by atoms with Crippen LogP contribution in [0.25, 0.3) is 10.9 Å². The molecule has 0 bridgehead atoms. The lowest BCUT2D eigenvalue weighted by molar-refractivity contribution is -0.126. The number of ether oxygens (including phenoxy) is 1. The van der Waals surface area contributed by atoms with Crippen LogP contribution in [0.5, 0.6) is 5.75 Å².